The van der Waals surface area contributed by atoms with Gasteiger partial charge in [-0.05, 0) is 103 Å². The van der Waals surface area contributed by atoms with Crippen LogP contribution in [0, 0.1) is 30.6 Å². The maximum absolute atomic E-state index is 15.0. The van der Waals surface area contributed by atoms with Gasteiger partial charge in [0.15, 0.2) is 18.4 Å². The van der Waals surface area contributed by atoms with Gasteiger partial charge in [-0.15, -0.1) is 11.3 Å². The van der Waals surface area contributed by atoms with Gasteiger partial charge < -0.3 is 42.8 Å². The molecule has 0 amide bonds. The fourth-order valence-corrected chi connectivity index (χ4v) is 12.5. The predicted molar refractivity (Wildman–Crippen MR) is 215 cm³/mol. The molecule has 0 aromatic carbocycles. The van der Waals surface area contributed by atoms with E-state index in [1.54, 1.807) is 32.7 Å². The summed E-state index contributed by atoms with van der Waals surface area (Å²) in [6.45, 7) is 13.4. The summed E-state index contributed by atoms with van der Waals surface area (Å²) >= 11 is 1.75. The Morgan fingerprint density at radius 2 is 1.65 bits per heavy atom. The largest absolute Gasteiger partial charge is 0.462 e. The molecule has 0 radical (unpaired) electrons. The molecule has 0 N–H and O–H groups in total. The summed E-state index contributed by atoms with van der Waals surface area (Å²) < 4.78 is 50.3. The third-order valence-electron chi connectivity index (χ3n) is 14.4. The summed E-state index contributed by atoms with van der Waals surface area (Å²) in [7, 11) is 7.13. The molecule has 3 saturated heterocycles. The maximum atomic E-state index is 15.0. The molecule has 1 saturated carbocycles. The van der Waals surface area contributed by atoms with Gasteiger partial charge in [0.1, 0.15) is 24.4 Å². The van der Waals surface area contributed by atoms with E-state index in [0.29, 0.717) is 12.5 Å². The van der Waals surface area contributed by atoms with Gasteiger partial charge in [0.2, 0.25) is 0 Å². The number of carbonyl (C=O) groups is 2. The average Bonchev–Trinajstić information content (AvgIpc) is 3.90. The van der Waals surface area contributed by atoms with Gasteiger partial charge >= 0.3 is 5.97 Å². The molecule has 57 heavy (non-hydrogen) atoms. The Kier molecular flexibility index (Phi) is 14.0. The summed E-state index contributed by atoms with van der Waals surface area (Å²) in [6.07, 6.45) is 5.78. The molecule has 6 aliphatic rings. The van der Waals surface area contributed by atoms with Gasteiger partial charge in [-0.1, -0.05) is 26.8 Å². The highest BCUT2D eigenvalue weighted by atomic mass is 32.1. The summed E-state index contributed by atoms with van der Waals surface area (Å²) in [5.41, 5.74) is 1.77. The Labute approximate surface area is 344 Å². The van der Waals surface area contributed by atoms with Crippen LogP contribution in [-0.4, -0.2) is 124 Å². The predicted octanol–water partition coefficient (Wildman–Crippen LogP) is 6.72. The van der Waals surface area contributed by atoms with Gasteiger partial charge in [0.25, 0.3) is 0 Å². The number of methoxy groups -OCH3 is 3. The molecule has 3 aliphatic carbocycles. The zero-order valence-electron chi connectivity index (χ0n) is 35.8. The lowest BCUT2D eigenvalue weighted by atomic mass is 9.67. The first-order valence-electron chi connectivity index (χ1n) is 21.7. The lowest BCUT2D eigenvalue weighted by Crippen LogP contribution is -2.59. The monoisotopic (exact) mass is 816 g/mol. The van der Waals surface area contributed by atoms with E-state index >= 15 is 4.79 Å². The van der Waals surface area contributed by atoms with Crippen LogP contribution in [0.5, 0.6) is 0 Å². The van der Waals surface area contributed by atoms with E-state index in [0.717, 1.165) is 67.8 Å². The SMILES string of the molecule is CC[C@H]1CCC[C@H](O[C@H]2CC[C@H](N(C)CC)[C@@H](C)O2)[C@@H](C)C(=O)C2=C[C@H]3[C@@H]4C[C@H](O[C@@H]5O[C@@H](C)[C@H](OC)[C@@H](OC)[C@H]5OC)C[C@H]4c4sc(C)nc4[C@H]3[C@@H]2CC(=O)O1. The van der Waals surface area contributed by atoms with E-state index < -0.39 is 18.3 Å². The number of ether oxygens (including phenoxy) is 8. The maximum Gasteiger partial charge on any atom is 0.306 e. The molecular weight excluding hydrogens is 749 g/mol. The second-order valence-corrected chi connectivity index (χ2v) is 18.8. The van der Waals surface area contributed by atoms with Crippen molar-refractivity contribution in [2.45, 2.75) is 179 Å². The quantitative estimate of drug-likeness (QED) is 0.233. The number of aryl methyl sites for hydroxylation is 1. The Balaban J connectivity index is 1.17. The van der Waals surface area contributed by atoms with E-state index in [1.807, 2.05) is 13.8 Å². The van der Waals surface area contributed by atoms with Crippen LogP contribution in [0.1, 0.15) is 120 Å². The van der Waals surface area contributed by atoms with Crippen LogP contribution < -0.4 is 0 Å². The summed E-state index contributed by atoms with van der Waals surface area (Å²) in [5, 5.41) is 0.999. The number of nitrogens with zero attached hydrogens (tertiary/aromatic N) is 2. The van der Waals surface area contributed by atoms with Crippen molar-refractivity contribution in [3.8, 4) is 0 Å². The number of cyclic esters (lactones) is 1. The number of hydrogen-bond donors (Lipinski definition) is 0. The number of likely N-dealkylation sites (N-methyl/N-ethyl adjacent to an activating group) is 1. The molecule has 1 aromatic rings. The normalized spacial score (nSPS) is 42.6. The number of fused-ring (bicyclic) bond motifs is 8. The molecule has 7 rings (SSSR count). The minimum atomic E-state index is -0.628. The van der Waals surface area contributed by atoms with Crippen molar-refractivity contribution in [2.24, 2.45) is 23.7 Å². The number of hydrogen-bond acceptors (Lipinski definition) is 13. The minimum Gasteiger partial charge on any atom is -0.462 e. The van der Waals surface area contributed by atoms with E-state index in [1.165, 1.54) is 4.88 Å². The smallest absolute Gasteiger partial charge is 0.306 e. The lowest BCUT2D eigenvalue weighted by Gasteiger charge is -2.44. The Bertz CT molecular complexity index is 1590. The second kappa shape index (κ2) is 18.4. The van der Waals surface area contributed by atoms with Crippen molar-refractivity contribution < 1.29 is 47.5 Å². The van der Waals surface area contributed by atoms with Crippen LogP contribution in [-0.2, 0) is 47.5 Å². The van der Waals surface area contributed by atoms with E-state index in [4.69, 9.17) is 42.9 Å². The summed E-state index contributed by atoms with van der Waals surface area (Å²) in [5.74, 6) is -0.563. The summed E-state index contributed by atoms with van der Waals surface area (Å²) in [4.78, 5) is 37.6. The zero-order chi connectivity index (χ0) is 40.7. The lowest BCUT2D eigenvalue weighted by molar-refractivity contribution is -0.314. The van der Waals surface area contributed by atoms with Crippen LogP contribution in [0.4, 0.5) is 0 Å². The van der Waals surface area contributed by atoms with Gasteiger partial charge in [-0.3, -0.25) is 9.59 Å². The van der Waals surface area contributed by atoms with Crippen LogP contribution in [0.3, 0.4) is 0 Å². The van der Waals surface area contributed by atoms with Crippen LogP contribution in [0.25, 0.3) is 0 Å². The molecular formula is C44H68N2O10S. The molecule has 0 bridgehead atoms. The van der Waals surface area contributed by atoms with Crippen LogP contribution in [0.2, 0.25) is 0 Å². The van der Waals surface area contributed by atoms with Gasteiger partial charge in [0, 0.05) is 55.9 Å². The van der Waals surface area contributed by atoms with Crippen molar-refractivity contribution in [2.75, 3.05) is 34.9 Å². The number of carbonyl (C=O) groups excluding carboxylic acids is 2. The number of thiazole rings is 1. The first kappa shape index (κ1) is 43.3. The third kappa shape index (κ3) is 8.58. The first-order valence-corrected chi connectivity index (χ1v) is 22.6. The topological polar surface area (TPSA) is 124 Å². The number of ketones is 1. The standard InChI is InChI=1S/C44H68N2O10S/c1-11-26-14-13-15-34(56-36-17-16-33(23(4)52-36)46(7)12-2)22(3)39(48)31-20-29-28-18-27(55-44-42(51-10)41(50-9)40(49-8)24(5)53-44)19-32(28)43-38(45-25(6)57-43)37(29)30(31)21-35(47)54-26/h20,22-24,26-30,32-34,36-37,40-42,44H,11-19,21H2,1-10H3/t22-,23-,24+,26+,27+,28+,29+,30-,32-,33+,34+,36+,37-,40+,41-,42-,44+/m1/s1. The highest BCUT2D eigenvalue weighted by molar-refractivity contribution is 7.11. The molecule has 0 unspecified atom stereocenters. The average molecular weight is 817 g/mol. The Morgan fingerprint density at radius 1 is 0.895 bits per heavy atom. The van der Waals surface area contributed by atoms with Gasteiger partial charge in [0.05, 0.1) is 41.5 Å². The number of aromatic nitrogens is 1. The van der Waals surface area contributed by atoms with Crippen molar-refractivity contribution in [1.82, 2.24) is 9.88 Å². The molecule has 320 valence electrons. The van der Waals surface area contributed by atoms with Gasteiger partial charge in [-0.2, -0.15) is 0 Å². The fraction of sp³-hybridized carbons (Fsp3) is 0.841. The molecule has 4 heterocycles. The minimum absolute atomic E-state index is 0.0250. The van der Waals surface area contributed by atoms with Crippen molar-refractivity contribution in [1.29, 1.82) is 0 Å². The van der Waals surface area contributed by atoms with Crippen molar-refractivity contribution >= 4 is 23.1 Å². The number of esters is 1. The third-order valence-corrected chi connectivity index (χ3v) is 15.5. The number of Topliss-reactive ketones (excluding diaryl/α,β-unsaturated/α-hetero) is 1. The molecule has 17 atom stereocenters. The van der Waals surface area contributed by atoms with Gasteiger partial charge in [-0.25, -0.2) is 4.98 Å². The molecule has 1 aromatic heterocycles. The van der Waals surface area contributed by atoms with Crippen LogP contribution >= 0.6 is 11.3 Å². The Hall–Kier alpha value is -1.81. The highest BCUT2D eigenvalue weighted by Crippen LogP contribution is 2.62. The first-order chi connectivity index (χ1) is 27.4. The van der Waals surface area contributed by atoms with Crippen LogP contribution in [0.15, 0.2) is 11.6 Å². The highest BCUT2D eigenvalue weighted by Gasteiger charge is 2.57. The molecule has 4 fully saturated rings. The molecule has 0 spiro atoms. The summed E-state index contributed by atoms with van der Waals surface area (Å²) in [6, 6.07) is 0.340. The molecule has 3 aliphatic heterocycles. The number of allylic oxidation sites excluding steroid dienone is 2. The number of rotatable bonds is 10. The van der Waals surface area contributed by atoms with E-state index in [-0.39, 0.29) is 96.8 Å². The van der Waals surface area contributed by atoms with Crippen molar-refractivity contribution in [3.05, 3.63) is 27.2 Å². The fourth-order valence-electron chi connectivity index (χ4n) is 11.3. The molecule has 12 nitrogen and oxygen atoms in total. The van der Waals surface area contributed by atoms with Crippen molar-refractivity contribution in [3.63, 3.8) is 0 Å². The molecule has 13 heteroatoms. The van der Waals surface area contributed by atoms with E-state index in [9.17, 15) is 4.79 Å². The zero-order valence-corrected chi connectivity index (χ0v) is 36.7. The Morgan fingerprint density at radius 3 is 2.33 bits per heavy atom. The van der Waals surface area contributed by atoms with E-state index in [2.05, 4.69) is 45.7 Å². The second-order valence-electron chi connectivity index (χ2n) is 17.6.